The Labute approximate surface area is 125 Å². The van der Waals surface area contributed by atoms with Crippen LogP contribution in [0.3, 0.4) is 0 Å². The van der Waals surface area contributed by atoms with Gasteiger partial charge in [0.25, 0.3) is 0 Å². The van der Waals surface area contributed by atoms with Crippen molar-refractivity contribution < 1.29 is 9.53 Å². The van der Waals surface area contributed by atoms with Crippen molar-refractivity contribution in [2.75, 3.05) is 31.9 Å². The van der Waals surface area contributed by atoms with Gasteiger partial charge in [-0.1, -0.05) is 0 Å². The summed E-state index contributed by atoms with van der Waals surface area (Å²) in [6.45, 7) is 9.27. The molecule has 116 valence electrons. The van der Waals surface area contributed by atoms with Gasteiger partial charge in [0, 0.05) is 32.7 Å². The maximum atomic E-state index is 12.0. The summed E-state index contributed by atoms with van der Waals surface area (Å²) < 4.78 is 5.38. The number of rotatable bonds is 2. The van der Waals surface area contributed by atoms with Crippen molar-refractivity contribution in [2.45, 2.75) is 32.9 Å². The molecule has 7 nitrogen and oxygen atoms in total. The average molecular weight is 293 g/mol. The standard InChI is InChI=1S/C14H23N5O2/c1-14(2,3)21-13(20)19-6-4-18(5-7-19)10-11-8-17-12(15)9-16-11/h8-9H,4-7,10H2,1-3H3,(H2,15,17). The Kier molecular flexibility index (Phi) is 4.62. The lowest BCUT2D eigenvalue weighted by molar-refractivity contribution is 0.0138. The van der Waals surface area contributed by atoms with Crippen LogP contribution < -0.4 is 5.73 Å². The van der Waals surface area contributed by atoms with Crippen molar-refractivity contribution in [3.8, 4) is 0 Å². The number of hydrogen-bond acceptors (Lipinski definition) is 6. The van der Waals surface area contributed by atoms with Gasteiger partial charge in [0.1, 0.15) is 11.4 Å². The third-order valence-corrected chi connectivity index (χ3v) is 3.13. The van der Waals surface area contributed by atoms with Crippen LogP contribution in [0.5, 0.6) is 0 Å². The molecule has 7 heteroatoms. The maximum Gasteiger partial charge on any atom is 0.410 e. The van der Waals surface area contributed by atoms with Gasteiger partial charge in [0.05, 0.1) is 18.1 Å². The number of carbonyl (C=O) groups excluding carboxylic acids is 1. The summed E-state index contributed by atoms with van der Waals surface area (Å²) >= 11 is 0. The van der Waals surface area contributed by atoms with E-state index in [9.17, 15) is 4.79 Å². The molecule has 2 N–H and O–H groups in total. The number of anilines is 1. The molecule has 0 aromatic carbocycles. The maximum absolute atomic E-state index is 12.0. The lowest BCUT2D eigenvalue weighted by atomic mass is 10.2. The highest BCUT2D eigenvalue weighted by Gasteiger charge is 2.25. The molecule has 0 aliphatic carbocycles. The van der Waals surface area contributed by atoms with E-state index < -0.39 is 5.60 Å². The van der Waals surface area contributed by atoms with E-state index in [0.717, 1.165) is 25.3 Å². The quantitative estimate of drug-likeness (QED) is 0.879. The number of nitrogens with zero attached hydrogens (tertiary/aromatic N) is 4. The zero-order valence-corrected chi connectivity index (χ0v) is 12.9. The molecule has 1 aromatic rings. The molecule has 0 saturated carbocycles. The number of aromatic nitrogens is 2. The first-order chi connectivity index (χ1) is 9.83. The summed E-state index contributed by atoms with van der Waals surface area (Å²) in [7, 11) is 0. The highest BCUT2D eigenvalue weighted by molar-refractivity contribution is 5.68. The number of amides is 1. The molecule has 0 radical (unpaired) electrons. The Bertz CT molecular complexity index is 475. The average Bonchev–Trinajstić information content (AvgIpc) is 2.40. The van der Waals surface area contributed by atoms with E-state index in [2.05, 4.69) is 14.9 Å². The summed E-state index contributed by atoms with van der Waals surface area (Å²) in [5.74, 6) is 0.425. The lowest BCUT2D eigenvalue weighted by Crippen LogP contribution is -2.49. The van der Waals surface area contributed by atoms with Crippen molar-refractivity contribution in [3.05, 3.63) is 18.1 Å². The zero-order chi connectivity index (χ0) is 15.5. The summed E-state index contributed by atoms with van der Waals surface area (Å²) in [5.41, 5.74) is 5.95. The summed E-state index contributed by atoms with van der Waals surface area (Å²) in [6, 6.07) is 0. The molecule has 0 atom stereocenters. The molecule has 2 rings (SSSR count). The molecular weight excluding hydrogens is 270 g/mol. The van der Waals surface area contributed by atoms with Gasteiger partial charge in [0.15, 0.2) is 0 Å². The van der Waals surface area contributed by atoms with Gasteiger partial charge in [0.2, 0.25) is 0 Å². The van der Waals surface area contributed by atoms with Crippen molar-refractivity contribution in [2.24, 2.45) is 0 Å². The number of nitrogen functional groups attached to an aromatic ring is 1. The van der Waals surface area contributed by atoms with E-state index in [0.29, 0.717) is 18.9 Å². The molecule has 1 saturated heterocycles. The van der Waals surface area contributed by atoms with Gasteiger partial charge in [-0.25, -0.2) is 9.78 Å². The van der Waals surface area contributed by atoms with Crippen LogP contribution in [0.15, 0.2) is 12.4 Å². The Morgan fingerprint density at radius 3 is 2.43 bits per heavy atom. The largest absolute Gasteiger partial charge is 0.444 e. The van der Waals surface area contributed by atoms with Gasteiger partial charge >= 0.3 is 6.09 Å². The number of carbonyl (C=O) groups is 1. The first-order valence-electron chi connectivity index (χ1n) is 7.10. The van der Waals surface area contributed by atoms with Crippen LogP contribution in [0.2, 0.25) is 0 Å². The van der Waals surface area contributed by atoms with Crippen molar-refractivity contribution in [1.82, 2.24) is 19.8 Å². The van der Waals surface area contributed by atoms with Gasteiger partial charge in [-0.05, 0) is 20.8 Å². The first kappa shape index (κ1) is 15.5. The van der Waals surface area contributed by atoms with Crippen LogP contribution in [0, 0.1) is 0 Å². The normalized spacial score (nSPS) is 16.8. The van der Waals surface area contributed by atoms with Crippen molar-refractivity contribution in [1.29, 1.82) is 0 Å². The number of nitrogens with two attached hydrogens (primary N) is 1. The van der Waals surface area contributed by atoms with Crippen LogP contribution in [0.25, 0.3) is 0 Å². The summed E-state index contributed by atoms with van der Waals surface area (Å²) in [4.78, 5) is 24.2. The van der Waals surface area contributed by atoms with Gasteiger partial charge in [-0.3, -0.25) is 9.88 Å². The summed E-state index contributed by atoms with van der Waals surface area (Å²) in [6.07, 6.45) is 3.01. The second kappa shape index (κ2) is 6.26. The third-order valence-electron chi connectivity index (χ3n) is 3.13. The Morgan fingerprint density at radius 1 is 1.24 bits per heavy atom. The van der Waals surface area contributed by atoms with Gasteiger partial charge in [-0.2, -0.15) is 0 Å². The number of ether oxygens (including phenoxy) is 1. The fraction of sp³-hybridized carbons (Fsp3) is 0.643. The number of piperazine rings is 1. The molecule has 1 amide bonds. The predicted octanol–water partition coefficient (Wildman–Crippen LogP) is 1.11. The Balaban J connectivity index is 1.80. The summed E-state index contributed by atoms with van der Waals surface area (Å²) in [5, 5.41) is 0. The topological polar surface area (TPSA) is 84.6 Å². The first-order valence-corrected chi connectivity index (χ1v) is 7.10. The molecule has 1 fully saturated rings. The second-order valence-corrected chi connectivity index (χ2v) is 6.18. The fourth-order valence-corrected chi connectivity index (χ4v) is 2.09. The third kappa shape index (κ3) is 4.86. The molecule has 0 bridgehead atoms. The van der Waals surface area contributed by atoms with E-state index >= 15 is 0 Å². The molecule has 1 aliphatic heterocycles. The molecule has 2 heterocycles. The van der Waals surface area contributed by atoms with Gasteiger partial charge < -0.3 is 15.4 Å². The Morgan fingerprint density at radius 2 is 1.90 bits per heavy atom. The number of hydrogen-bond donors (Lipinski definition) is 1. The SMILES string of the molecule is CC(C)(C)OC(=O)N1CCN(Cc2cnc(N)cn2)CC1. The molecule has 0 unspecified atom stereocenters. The highest BCUT2D eigenvalue weighted by atomic mass is 16.6. The molecule has 1 aromatic heterocycles. The molecule has 0 spiro atoms. The van der Waals surface area contributed by atoms with Crippen molar-refractivity contribution in [3.63, 3.8) is 0 Å². The van der Waals surface area contributed by atoms with E-state index in [-0.39, 0.29) is 6.09 Å². The van der Waals surface area contributed by atoms with Crippen LogP contribution >= 0.6 is 0 Å². The van der Waals surface area contributed by atoms with Gasteiger partial charge in [-0.15, -0.1) is 0 Å². The minimum absolute atomic E-state index is 0.241. The highest BCUT2D eigenvalue weighted by Crippen LogP contribution is 2.12. The monoisotopic (exact) mass is 293 g/mol. The molecule has 1 aliphatic rings. The van der Waals surface area contributed by atoms with Crippen LogP contribution in [-0.2, 0) is 11.3 Å². The Hall–Kier alpha value is -1.89. The van der Waals surface area contributed by atoms with E-state index in [1.54, 1.807) is 17.3 Å². The van der Waals surface area contributed by atoms with E-state index in [1.165, 1.54) is 0 Å². The second-order valence-electron chi connectivity index (χ2n) is 6.18. The van der Waals surface area contributed by atoms with Crippen molar-refractivity contribution >= 4 is 11.9 Å². The molecule has 21 heavy (non-hydrogen) atoms. The fourth-order valence-electron chi connectivity index (χ4n) is 2.09. The predicted molar refractivity (Wildman–Crippen MR) is 79.5 cm³/mol. The van der Waals surface area contributed by atoms with Crippen LogP contribution in [0.1, 0.15) is 26.5 Å². The smallest absolute Gasteiger partial charge is 0.410 e. The lowest BCUT2D eigenvalue weighted by Gasteiger charge is -2.35. The van der Waals surface area contributed by atoms with Crippen LogP contribution in [-0.4, -0.2) is 57.6 Å². The zero-order valence-electron chi connectivity index (χ0n) is 12.9. The van der Waals surface area contributed by atoms with E-state index in [1.807, 2.05) is 20.8 Å². The minimum Gasteiger partial charge on any atom is -0.444 e. The molecular formula is C14H23N5O2. The van der Waals surface area contributed by atoms with E-state index in [4.69, 9.17) is 10.5 Å². The minimum atomic E-state index is -0.451. The van der Waals surface area contributed by atoms with Crippen LogP contribution in [0.4, 0.5) is 10.6 Å².